The van der Waals surface area contributed by atoms with Crippen molar-refractivity contribution < 1.29 is 9.15 Å². The Bertz CT molecular complexity index is 293. The molecular weight excluding hydrogens is 190 g/mol. The first kappa shape index (κ1) is 10.7. The molecule has 0 spiro atoms. The van der Waals surface area contributed by atoms with Gasteiger partial charge in [0.1, 0.15) is 0 Å². The molecule has 3 heteroatoms. The van der Waals surface area contributed by atoms with Crippen LogP contribution in [0.4, 0.5) is 0 Å². The van der Waals surface area contributed by atoms with E-state index < -0.39 is 0 Å². The van der Waals surface area contributed by atoms with Crippen molar-refractivity contribution in [3.63, 3.8) is 0 Å². The van der Waals surface area contributed by atoms with E-state index in [1.165, 1.54) is 5.56 Å². The third-order valence-corrected chi connectivity index (χ3v) is 2.87. The predicted octanol–water partition coefficient (Wildman–Crippen LogP) is 2.33. The molecule has 1 aromatic rings. The van der Waals surface area contributed by atoms with Crippen LogP contribution in [0.3, 0.4) is 0 Å². The smallest absolute Gasteiger partial charge is 0.0947 e. The van der Waals surface area contributed by atoms with Crippen molar-refractivity contribution in [2.45, 2.75) is 44.9 Å². The maximum Gasteiger partial charge on any atom is 0.0947 e. The molecule has 1 aliphatic heterocycles. The summed E-state index contributed by atoms with van der Waals surface area (Å²) in [5.41, 5.74) is 1.23. The molecule has 0 radical (unpaired) electrons. The Labute approximate surface area is 90.8 Å². The van der Waals surface area contributed by atoms with Crippen LogP contribution in [-0.2, 0) is 11.3 Å². The summed E-state index contributed by atoms with van der Waals surface area (Å²) >= 11 is 0. The van der Waals surface area contributed by atoms with E-state index >= 15 is 0 Å². The van der Waals surface area contributed by atoms with Crippen LogP contribution in [-0.4, -0.2) is 18.2 Å². The fourth-order valence-corrected chi connectivity index (χ4v) is 2.06. The second kappa shape index (κ2) is 4.37. The minimum Gasteiger partial charge on any atom is -0.472 e. The van der Waals surface area contributed by atoms with Gasteiger partial charge in [-0.05, 0) is 32.8 Å². The summed E-state index contributed by atoms with van der Waals surface area (Å²) in [7, 11) is 0. The zero-order chi connectivity index (χ0) is 10.7. The third-order valence-electron chi connectivity index (χ3n) is 2.87. The summed E-state index contributed by atoms with van der Waals surface area (Å²) < 4.78 is 10.7. The van der Waals surface area contributed by atoms with E-state index in [1.807, 2.05) is 6.07 Å². The average molecular weight is 209 g/mol. The van der Waals surface area contributed by atoms with Crippen molar-refractivity contribution in [2.24, 2.45) is 0 Å². The fourth-order valence-electron chi connectivity index (χ4n) is 2.06. The molecule has 3 nitrogen and oxygen atoms in total. The number of ether oxygens (including phenoxy) is 1. The van der Waals surface area contributed by atoms with Crippen LogP contribution < -0.4 is 5.32 Å². The van der Waals surface area contributed by atoms with Gasteiger partial charge in [-0.1, -0.05) is 0 Å². The van der Waals surface area contributed by atoms with E-state index in [0.29, 0.717) is 6.04 Å². The van der Waals surface area contributed by atoms with Gasteiger partial charge in [0, 0.05) is 24.8 Å². The molecule has 0 unspecified atom stereocenters. The van der Waals surface area contributed by atoms with Crippen LogP contribution in [0.1, 0.15) is 32.3 Å². The number of furan rings is 1. The Hall–Kier alpha value is -0.800. The second-order valence-corrected chi connectivity index (χ2v) is 4.81. The van der Waals surface area contributed by atoms with Crippen LogP contribution in [0.2, 0.25) is 0 Å². The van der Waals surface area contributed by atoms with Gasteiger partial charge in [-0.15, -0.1) is 0 Å². The second-order valence-electron chi connectivity index (χ2n) is 4.81. The molecule has 0 bridgehead atoms. The van der Waals surface area contributed by atoms with Gasteiger partial charge in [0.15, 0.2) is 0 Å². The van der Waals surface area contributed by atoms with E-state index in [0.717, 1.165) is 26.0 Å². The molecular formula is C12H19NO2. The first-order chi connectivity index (χ1) is 7.16. The van der Waals surface area contributed by atoms with Crippen molar-refractivity contribution >= 4 is 0 Å². The Kier molecular flexibility index (Phi) is 3.12. The molecule has 1 aromatic heterocycles. The molecule has 84 valence electrons. The first-order valence-corrected chi connectivity index (χ1v) is 5.54. The predicted molar refractivity (Wildman–Crippen MR) is 58.6 cm³/mol. The van der Waals surface area contributed by atoms with E-state index in [2.05, 4.69) is 19.2 Å². The maximum absolute atomic E-state index is 5.67. The number of rotatable bonds is 3. The van der Waals surface area contributed by atoms with E-state index in [1.54, 1.807) is 12.5 Å². The Morgan fingerprint density at radius 3 is 3.07 bits per heavy atom. The molecule has 1 saturated heterocycles. The van der Waals surface area contributed by atoms with Gasteiger partial charge < -0.3 is 14.5 Å². The lowest BCUT2D eigenvalue weighted by Crippen LogP contribution is -2.43. The van der Waals surface area contributed by atoms with E-state index in [-0.39, 0.29) is 5.60 Å². The van der Waals surface area contributed by atoms with Crippen molar-refractivity contribution in [1.82, 2.24) is 5.32 Å². The highest BCUT2D eigenvalue weighted by atomic mass is 16.5. The normalized spacial score (nSPS) is 25.3. The highest BCUT2D eigenvalue weighted by Gasteiger charge is 2.28. The molecule has 0 aliphatic carbocycles. The quantitative estimate of drug-likeness (QED) is 0.829. The first-order valence-electron chi connectivity index (χ1n) is 5.54. The lowest BCUT2D eigenvalue weighted by Gasteiger charge is -2.35. The highest BCUT2D eigenvalue weighted by Crippen LogP contribution is 2.24. The molecule has 0 amide bonds. The van der Waals surface area contributed by atoms with E-state index in [9.17, 15) is 0 Å². The summed E-state index contributed by atoms with van der Waals surface area (Å²) in [5.74, 6) is 0. The lowest BCUT2D eigenvalue weighted by molar-refractivity contribution is -0.0630. The molecule has 1 atom stereocenters. The van der Waals surface area contributed by atoms with Gasteiger partial charge in [0.05, 0.1) is 18.1 Å². The van der Waals surface area contributed by atoms with Gasteiger partial charge in [-0.25, -0.2) is 0 Å². The third kappa shape index (κ3) is 3.08. The summed E-state index contributed by atoms with van der Waals surface area (Å²) in [6, 6.07) is 2.56. The molecule has 2 heterocycles. The van der Waals surface area contributed by atoms with Gasteiger partial charge >= 0.3 is 0 Å². The molecule has 0 saturated carbocycles. The van der Waals surface area contributed by atoms with Gasteiger partial charge in [0.25, 0.3) is 0 Å². The topological polar surface area (TPSA) is 34.4 Å². The van der Waals surface area contributed by atoms with Gasteiger partial charge in [-0.2, -0.15) is 0 Å². The molecule has 1 aliphatic rings. The molecule has 0 aromatic carbocycles. The van der Waals surface area contributed by atoms with Crippen molar-refractivity contribution in [3.05, 3.63) is 24.2 Å². The lowest BCUT2D eigenvalue weighted by atomic mass is 9.94. The molecule has 1 fully saturated rings. The Balaban J connectivity index is 1.80. The summed E-state index contributed by atoms with van der Waals surface area (Å²) in [4.78, 5) is 0. The largest absolute Gasteiger partial charge is 0.472 e. The van der Waals surface area contributed by atoms with Gasteiger partial charge in [-0.3, -0.25) is 0 Å². The standard InChI is InChI=1S/C12H19NO2/c1-12(2)7-11(4-6-15-12)13-8-10-3-5-14-9-10/h3,5,9,11,13H,4,6-8H2,1-2H3/t11-/m0/s1. The van der Waals surface area contributed by atoms with Crippen molar-refractivity contribution in [1.29, 1.82) is 0 Å². The Morgan fingerprint density at radius 2 is 2.40 bits per heavy atom. The summed E-state index contributed by atoms with van der Waals surface area (Å²) in [6.45, 7) is 6.05. The number of hydrogen-bond donors (Lipinski definition) is 1. The molecule has 15 heavy (non-hydrogen) atoms. The minimum absolute atomic E-state index is 0.0202. The van der Waals surface area contributed by atoms with Crippen LogP contribution in [0.15, 0.2) is 23.0 Å². The minimum atomic E-state index is 0.0202. The Morgan fingerprint density at radius 1 is 1.53 bits per heavy atom. The zero-order valence-electron chi connectivity index (χ0n) is 9.45. The summed E-state index contributed by atoms with van der Waals surface area (Å²) in [6.07, 6.45) is 5.68. The number of hydrogen-bond acceptors (Lipinski definition) is 3. The van der Waals surface area contributed by atoms with Crippen LogP contribution in [0, 0.1) is 0 Å². The number of nitrogens with one attached hydrogen (secondary N) is 1. The van der Waals surface area contributed by atoms with Crippen molar-refractivity contribution in [2.75, 3.05) is 6.61 Å². The van der Waals surface area contributed by atoms with Crippen molar-refractivity contribution in [3.8, 4) is 0 Å². The van der Waals surface area contributed by atoms with Crippen LogP contribution in [0.5, 0.6) is 0 Å². The molecule has 2 rings (SSSR count). The van der Waals surface area contributed by atoms with Crippen LogP contribution in [0.25, 0.3) is 0 Å². The van der Waals surface area contributed by atoms with Gasteiger partial charge in [0.2, 0.25) is 0 Å². The van der Waals surface area contributed by atoms with E-state index in [4.69, 9.17) is 9.15 Å². The monoisotopic (exact) mass is 209 g/mol. The SMILES string of the molecule is CC1(C)C[C@@H](NCc2ccoc2)CCO1. The summed E-state index contributed by atoms with van der Waals surface area (Å²) in [5, 5.41) is 3.54. The molecule has 1 N–H and O–H groups in total. The average Bonchev–Trinajstić information content (AvgIpc) is 2.65. The van der Waals surface area contributed by atoms with Crippen LogP contribution >= 0.6 is 0 Å². The zero-order valence-corrected chi connectivity index (χ0v) is 9.45. The maximum atomic E-state index is 5.67. The fraction of sp³-hybridized carbons (Fsp3) is 0.667. The highest BCUT2D eigenvalue weighted by molar-refractivity contribution is 5.04.